The summed E-state index contributed by atoms with van der Waals surface area (Å²) < 4.78 is 0. The summed E-state index contributed by atoms with van der Waals surface area (Å²) >= 11 is 0. The van der Waals surface area contributed by atoms with Crippen LogP contribution < -0.4 is 5.32 Å². The van der Waals surface area contributed by atoms with Gasteiger partial charge in [0.15, 0.2) is 0 Å². The Balaban J connectivity index is 1.18. The number of phenols is 2. The number of hydrogen-bond donors (Lipinski definition) is 3. The second-order valence-electron chi connectivity index (χ2n) is 10.6. The van der Waals surface area contributed by atoms with Gasteiger partial charge in [-0.2, -0.15) is 0 Å². The summed E-state index contributed by atoms with van der Waals surface area (Å²) in [6, 6.07) is 17.1. The van der Waals surface area contributed by atoms with Crippen LogP contribution in [0.25, 0.3) is 0 Å². The fourth-order valence-corrected chi connectivity index (χ4v) is 5.90. The van der Waals surface area contributed by atoms with Crippen molar-refractivity contribution < 1.29 is 34.2 Å². The van der Waals surface area contributed by atoms with Crippen LogP contribution in [0.1, 0.15) is 61.1 Å². The van der Waals surface area contributed by atoms with Gasteiger partial charge in [0.25, 0.3) is 17.7 Å². The van der Waals surface area contributed by atoms with E-state index in [1.54, 1.807) is 29.2 Å². The molecule has 0 bridgehead atoms. The van der Waals surface area contributed by atoms with Gasteiger partial charge in [-0.25, -0.2) is 0 Å². The van der Waals surface area contributed by atoms with E-state index < -0.39 is 29.7 Å². The molecule has 0 spiro atoms. The van der Waals surface area contributed by atoms with Crippen LogP contribution >= 0.6 is 0 Å². The van der Waals surface area contributed by atoms with Gasteiger partial charge >= 0.3 is 0 Å². The van der Waals surface area contributed by atoms with E-state index in [1.165, 1.54) is 18.2 Å². The van der Waals surface area contributed by atoms with Crippen molar-refractivity contribution in [2.45, 2.75) is 24.9 Å². The summed E-state index contributed by atoms with van der Waals surface area (Å²) in [6.45, 7) is 1.92. The number of benzene rings is 3. The normalized spacial score (nSPS) is 19.3. The van der Waals surface area contributed by atoms with E-state index in [-0.39, 0.29) is 53.0 Å². The predicted octanol–water partition coefficient (Wildman–Crippen LogP) is 2.05. The Morgan fingerprint density at radius 1 is 0.762 bits per heavy atom. The minimum absolute atomic E-state index is 0.0277. The molecule has 11 heteroatoms. The molecule has 1 atom stereocenters. The maximum Gasteiger partial charge on any atom is 0.262 e. The molecule has 3 aromatic rings. The Bertz CT molecular complexity index is 1550. The molecule has 1 unspecified atom stereocenters. The Labute approximate surface area is 240 Å². The van der Waals surface area contributed by atoms with E-state index in [2.05, 4.69) is 10.2 Å². The Morgan fingerprint density at radius 3 is 1.90 bits per heavy atom. The van der Waals surface area contributed by atoms with Crippen molar-refractivity contribution in [2.75, 3.05) is 26.2 Å². The quantitative estimate of drug-likeness (QED) is 0.396. The lowest BCUT2D eigenvalue weighted by molar-refractivity contribution is -0.136. The third-order valence-electron chi connectivity index (χ3n) is 8.07. The van der Waals surface area contributed by atoms with Crippen LogP contribution in [0.3, 0.4) is 0 Å². The number of fused-ring (bicyclic) bond motifs is 1. The number of hydrogen-bond acceptors (Lipinski definition) is 8. The molecular formula is C31H28N4O7. The molecule has 5 amide bonds. The number of nitrogens with zero attached hydrogens (tertiary/aromatic N) is 3. The van der Waals surface area contributed by atoms with E-state index in [0.717, 1.165) is 16.0 Å². The highest BCUT2D eigenvalue weighted by Gasteiger charge is 2.45. The third kappa shape index (κ3) is 4.88. The minimum atomic E-state index is -1.07. The van der Waals surface area contributed by atoms with Gasteiger partial charge in [0, 0.05) is 38.2 Å². The molecule has 3 N–H and O–H groups in total. The van der Waals surface area contributed by atoms with Gasteiger partial charge in [-0.1, -0.05) is 24.3 Å². The average Bonchev–Trinajstić information content (AvgIpc) is 3.24. The van der Waals surface area contributed by atoms with E-state index in [1.807, 2.05) is 24.3 Å². The van der Waals surface area contributed by atoms with Crippen LogP contribution in [0.5, 0.6) is 11.5 Å². The number of carbonyl (C=O) groups excluding carboxylic acids is 5. The summed E-state index contributed by atoms with van der Waals surface area (Å²) in [5, 5.41) is 21.7. The Morgan fingerprint density at radius 2 is 1.33 bits per heavy atom. The zero-order chi connectivity index (χ0) is 29.5. The van der Waals surface area contributed by atoms with Gasteiger partial charge in [-0.3, -0.25) is 39.1 Å². The number of imide groups is 2. The van der Waals surface area contributed by atoms with Crippen molar-refractivity contribution in [2.24, 2.45) is 0 Å². The SMILES string of the molecule is O=C1CCC(N2C(=O)c3ccc(C(=O)N4CCN(C(c5ccc(O)cc5)c5ccc(O)cc5)CC4)cc3C2=O)C(=O)N1. The number of phenolic OH excluding ortho intramolecular Hbond substituents is 2. The zero-order valence-electron chi connectivity index (χ0n) is 22.5. The van der Waals surface area contributed by atoms with Crippen LogP contribution in [-0.4, -0.2) is 86.7 Å². The Hall–Kier alpha value is -5.03. The van der Waals surface area contributed by atoms with Gasteiger partial charge in [0.05, 0.1) is 17.2 Å². The smallest absolute Gasteiger partial charge is 0.262 e. The highest BCUT2D eigenvalue weighted by Crippen LogP contribution is 2.32. The highest BCUT2D eigenvalue weighted by atomic mass is 16.3. The monoisotopic (exact) mass is 568 g/mol. The molecular weight excluding hydrogens is 540 g/mol. The first-order chi connectivity index (χ1) is 20.2. The first kappa shape index (κ1) is 27.2. The summed E-state index contributed by atoms with van der Waals surface area (Å²) in [5.74, 6) is -2.36. The summed E-state index contributed by atoms with van der Waals surface area (Å²) in [6.07, 6.45) is 0.0847. The molecule has 42 heavy (non-hydrogen) atoms. The maximum atomic E-state index is 13.5. The van der Waals surface area contributed by atoms with Crippen molar-refractivity contribution in [3.8, 4) is 11.5 Å². The number of piperazine rings is 1. The second-order valence-corrected chi connectivity index (χ2v) is 10.6. The van der Waals surface area contributed by atoms with Crippen LogP contribution in [-0.2, 0) is 9.59 Å². The van der Waals surface area contributed by atoms with Crippen LogP contribution in [0.4, 0.5) is 0 Å². The van der Waals surface area contributed by atoms with Crippen molar-refractivity contribution >= 4 is 29.5 Å². The average molecular weight is 569 g/mol. The summed E-state index contributed by atoms with van der Waals surface area (Å²) in [7, 11) is 0. The minimum Gasteiger partial charge on any atom is -0.508 e. The Kier molecular flexibility index (Phi) is 6.95. The largest absolute Gasteiger partial charge is 0.508 e. The van der Waals surface area contributed by atoms with Crippen molar-refractivity contribution in [1.29, 1.82) is 0 Å². The molecule has 0 radical (unpaired) electrons. The molecule has 3 aliphatic heterocycles. The molecule has 2 saturated heterocycles. The molecule has 0 aliphatic carbocycles. The number of rotatable bonds is 5. The third-order valence-corrected chi connectivity index (χ3v) is 8.07. The first-order valence-corrected chi connectivity index (χ1v) is 13.7. The number of amides is 5. The first-order valence-electron chi connectivity index (χ1n) is 13.7. The predicted molar refractivity (Wildman–Crippen MR) is 149 cm³/mol. The lowest BCUT2D eigenvalue weighted by atomic mass is 9.96. The fourth-order valence-electron chi connectivity index (χ4n) is 5.90. The lowest BCUT2D eigenvalue weighted by Gasteiger charge is -2.40. The number of aromatic hydroxyl groups is 2. The van der Waals surface area contributed by atoms with Gasteiger partial charge in [-0.05, 0) is 60.0 Å². The van der Waals surface area contributed by atoms with E-state index in [9.17, 15) is 34.2 Å². The summed E-state index contributed by atoms with van der Waals surface area (Å²) in [4.78, 5) is 68.4. The summed E-state index contributed by atoms with van der Waals surface area (Å²) in [5.41, 5.74) is 2.37. The number of piperidine rings is 1. The molecule has 214 valence electrons. The highest BCUT2D eigenvalue weighted by molar-refractivity contribution is 6.24. The molecule has 0 aromatic heterocycles. The standard InChI is InChI=1S/C31H28N4O7/c36-21-6-1-18(2-7-21)27(19-3-8-22(37)9-4-19)33-13-15-34(16-14-33)29(40)20-5-10-23-24(17-20)31(42)35(30(23)41)25-11-12-26(38)32-28(25)39/h1-10,17,25,27,36-37H,11-16H2,(H,32,38,39). The van der Waals surface area contributed by atoms with Gasteiger partial charge < -0.3 is 15.1 Å². The van der Waals surface area contributed by atoms with Crippen molar-refractivity contribution in [1.82, 2.24) is 20.0 Å². The molecule has 0 saturated carbocycles. The van der Waals surface area contributed by atoms with Gasteiger partial charge in [-0.15, -0.1) is 0 Å². The van der Waals surface area contributed by atoms with Gasteiger partial charge in [0.1, 0.15) is 17.5 Å². The molecule has 6 rings (SSSR count). The fraction of sp³-hybridized carbons (Fsp3) is 0.258. The molecule has 3 aliphatic rings. The van der Waals surface area contributed by atoms with Crippen LogP contribution in [0, 0.1) is 0 Å². The van der Waals surface area contributed by atoms with E-state index >= 15 is 0 Å². The molecule has 2 fully saturated rings. The lowest BCUT2D eigenvalue weighted by Crippen LogP contribution is -2.54. The van der Waals surface area contributed by atoms with E-state index in [0.29, 0.717) is 26.2 Å². The molecule has 11 nitrogen and oxygen atoms in total. The van der Waals surface area contributed by atoms with Crippen molar-refractivity contribution in [3.05, 3.63) is 94.5 Å². The maximum absolute atomic E-state index is 13.5. The van der Waals surface area contributed by atoms with Crippen LogP contribution in [0.2, 0.25) is 0 Å². The zero-order valence-corrected chi connectivity index (χ0v) is 22.5. The van der Waals surface area contributed by atoms with Gasteiger partial charge in [0.2, 0.25) is 11.8 Å². The van der Waals surface area contributed by atoms with Crippen molar-refractivity contribution in [3.63, 3.8) is 0 Å². The van der Waals surface area contributed by atoms with Crippen LogP contribution in [0.15, 0.2) is 66.7 Å². The topological polar surface area (TPSA) is 148 Å². The molecule has 3 heterocycles. The molecule has 3 aromatic carbocycles. The number of carbonyl (C=O) groups is 5. The van der Waals surface area contributed by atoms with E-state index in [4.69, 9.17) is 0 Å². The number of nitrogens with one attached hydrogen (secondary N) is 1. The second kappa shape index (κ2) is 10.7.